The molecule has 7 heterocycles. The number of ether oxygens (including phenoxy) is 3. The summed E-state index contributed by atoms with van der Waals surface area (Å²) in [5.41, 5.74) is 0.591. The summed E-state index contributed by atoms with van der Waals surface area (Å²) >= 11 is 0. The van der Waals surface area contributed by atoms with Crippen molar-refractivity contribution in [3.63, 3.8) is 0 Å². The lowest BCUT2D eigenvalue weighted by molar-refractivity contribution is 0.000934. The Balaban J connectivity index is 1.14. The summed E-state index contributed by atoms with van der Waals surface area (Å²) in [6.07, 6.45) is 8.47. The number of terminal acetylenes is 1. The standard InChI is InChI=1S/C42H42F2N6O4/c1-7-26-29(43)13-11-23-9-8-10-27(31(23)26)34-33(44)35-32-37(47-39(46-35)52-20-42-16-21(2)17-48(42)18-24-15-28(24)42)49-19-25-12-14-30(36(49)22(3)53-38(32)45-34)50(25)40(51)54-41(4,5)6/h1,8-11,13,22,24-25,28,30,36H,2,12,14-20H2,3-6H3/t22-,24-,25+,28-,30-,36+,42?/m0/s1. The number of anilines is 1. The molecule has 4 saturated heterocycles. The van der Waals surface area contributed by atoms with Crippen molar-refractivity contribution in [1.29, 1.82) is 0 Å². The maximum atomic E-state index is 17.4. The SMILES string of the molecule is C#Cc1c(F)ccc2cccc(-c3nc4c5c(nc(OCC67CC(=C)CN6C[C@@H]6C[C@@H]67)nc5c3F)N3C[C@H]5CC[C@@H]([C@H]3[C@H](C)O4)N5C(=O)OC(C)(C)C)c12. The molecule has 2 bridgehead atoms. The van der Waals surface area contributed by atoms with Crippen LogP contribution in [0.3, 0.4) is 0 Å². The smallest absolute Gasteiger partial charge is 0.410 e. The Labute approximate surface area is 312 Å². The molecule has 1 saturated carbocycles. The van der Waals surface area contributed by atoms with E-state index >= 15 is 8.78 Å². The van der Waals surface area contributed by atoms with Crippen LogP contribution in [0, 0.1) is 35.8 Å². The summed E-state index contributed by atoms with van der Waals surface area (Å²) < 4.78 is 51.8. The van der Waals surface area contributed by atoms with Crippen molar-refractivity contribution in [2.45, 2.75) is 88.7 Å². The molecule has 2 aromatic heterocycles. The lowest BCUT2D eigenvalue weighted by atomic mass is 9.91. The van der Waals surface area contributed by atoms with Gasteiger partial charge in [0.1, 0.15) is 46.5 Å². The summed E-state index contributed by atoms with van der Waals surface area (Å²) in [5.74, 6) is 2.94. The fourth-order valence-electron chi connectivity index (χ4n) is 10.4. The van der Waals surface area contributed by atoms with Crippen LogP contribution in [0.25, 0.3) is 32.9 Å². The number of pyridine rings is 1. The number of benzene rings is 2. The highest BCUT2D eigenvalue weighted by molar-refractivity contribution is 6.03. The van der Waals surface area contributed by atoms with Gasteiger partial charge in [-0.15, -0.1) is 6.42 Å². The second-order valence-electron chi connectivity index (χ2n) is 17.1. The van der Waals surface area contributed by atoms with E-state index in [2.05, 4.69) is 22.3 Å². The van der Waals surface area contributed by atoms with Crippen LogP contribution >= 0.6 is 0 Å². The molecule has 5 fully saturated rings. The monoisotopic (exact) mass is 732 g/mol. The number of rotatable bonds is 4. The molecule has 6 aliphatic rings. The molecule has 4 aromatic rings. The summed E-state index contributed by atoms with van der Waals surface area (Å²) in [4.78, 5) is 34.8. The first kappa shape index (κ1) is 33.5. The average molecular weight is 733 g/mol. The zero-order chi connectivity index (χ0) is 37.4. The van der Waals surface area contributed by atoms with Gasteiger partial charge in [0.25, 0.3) is 0 Å². The number of carbonyl (C=O) groups excluding carboxylic acids is 1. The number of carbonyl (C=O) groups is 1. The molecule has 1 unspecified atom stereocenters. The molecule has 10 nitrogen and oxygen atoms in total. The molecule has 12 heteroatoms. The Kier molecular flexibility index (Phi) is 7.14. The molecule has 7 atom stereocenters. The molecule has 1 amide bonds. The Morgan fingerprint density at radius 1 is 1.13 bits per heavy atom. The first-order valence-electron chi connectivity index (χ1n) is 18.9. The van der Waals surface area contributed by atoms with E-state index in [1.165, 1.54) is 11.6 Å². The fraction of sp³-hybridized carbons (Fsp3) is 0.476. The minimum atomic E-state index is -0.718. The van der Waals surface area contributed by atoms with E-state index in [4.69, 9.17) is 35.6 Å². The highest BCUT2D eigenvalue weighted by atomic mass is 19.1. The summed E-state index contributed by atoms with van der Waals surface area (Å²) in [6.45, 7) is 14.5. The van der Waals surface area contributed by atoms with Crippen molar-refractivity contribution in [2.75, 3.05) is 31.1 Å². The Bertz CT molecular complexity index is 2360. The van der Waals surface area contributed by atoms with Crippen LogP contribution in [0.4, 0.5) is 19.4 Å². The topological polar surface area (TPSA) is 93.2 Å². The first-order chi connectivity index (χ1) is 25.8. The maximum Gasteiger partial charge on any atom is 0.410 e. The molecular formula is C42H42F2N6O4. The van der Waals surface area contributed by atoms with Gasteiger partial charge in [0.15, 0.2) is 5.82 Å². The first-order valence-corrected chi connectivity index (χ1v) is 18.9. The molecule has 1 aliphatic carbocycles. The van der Waals surface area contributed by atoms with Crippen molar-refractivity contribution < 1.29 is 27.8 Å². The minimum Gasteiger partial charge on any atom is -0.472 e. The lowest BCUT2D eigenvalue weighted by Crippen LogP contribution is -2.65. The Hall–Kier alpha value is -5.02. The number of piperazine rings is 1. The molecule has 54 heavy (non-hydrogen) atoms. The molecule has 0 N–H and O–H groups in total. The van der Waals surface area contributed by atoms with Crippen LogP contribution in [0.1, 0.15) is 58.9 Å². The zero-order valence-corrected chi connectivity index (χ0v) is 30.9. The predicted octanol–water partition coefficient (Wildman–Crippen LogP) is 6.87. The number of nitrogens with zero attached hydrogens (tertiary/aromatic N) is 6. The van der Waals surface area contributed by atoms with E-state index in [0.717, 1.165) is 38.8 Å². The number of hydrogen-bond acceptors (Lipinski definition) is 9. The third kappa shape index (κ3) is 4.86. The van der Waals surface area contributed by atoms with E-state index in [1.807, 2.05) is 32.6 Å². The number of halogens is 2. The van der Waals surface area contributed by atoms with Gasteiger partial charge in [0.05, 0.1) is 29.2 Å². The summed E-state index contributed by atoms with van der Waals surface area (Å²) in [5, 5.41) is 1.33. The molecule has 2 aromatic carbocycles. The highest BCUT2D eigenvalue weighted by Gasteiger charge is 2.64. The second kappa shape index (κ2) is 11.5. The lowest BCUT2D eigenvalue weighted by Gasteiger charge is -2.48. The van der Waals surface area contributed by atoms with Crippen LogP contribution in [0.2, 0.25) is 0 Å². The van der Waals surface area contributed by atoms with Crippen LogP contribution in [-0.2, 0) is 4.74 Å². The predicted molar refractivity (Wildman–Crippen MR) is 199 cm³/mol. The van der Waals surface area contributed by atoms with Gasteiger partial charge < -0.3 is 19.1 Å². The third-order valence-corrected chi connectivity index (χ3v) is 12.6. The van der Waals surface area contributed by atoms with E-state index in [0.29, 0.717) is 52.5 Å². The van der Waals surface area contributed by atoms with Gasteiger partial charge in [-0.25, -0.2) is 18.6 Å². The number of amides is 1. The largest absolute Gasteiger partial charge is 0.472 e. The zero-order valence-electron chi connectivity index (χ0n) is 30.9. The van der Waals surface area contributed by atoms with Crippen molar-refractivity contribution in [3.05, 3.63) is 59.7 Å². The van der Waals surface area contributed by atoms with Gasteiger partial charge in [-0.3, -0.25) is 9.80 Å². The molecule has 0 radical (unpaired) electrons. The Morgan fingerprint density at radius 2 is 1.96 bits per heavy atom. The molecular weight excluding hydrogens is 690 g/mol. The van der Waals surface area contributed by atoms with Gasteiger partial charge in [-0.1, -0.05) is 42.3 Å². The number of fused-ring (bicyclic) bond motifs is 9. The van der Waals surface area contributed by atoms with Gasteiger partial charge in [-0.2, -0.15) is 9.97 Å². The maximum absolute atomic E-state index is 17.4. The number of aromatic nitrogens is 3. The number of hydrogen-bond donors (Lipinski definition) is 0. The van der Waals surface area contributed by atoms with Gasteiger partial charge in [0.2, 0.25) is 5.88 Å². The van der Waals surface area contributed by atoms with E-state index in [1.54, 1.807) is 24.3 Å². The van der Waals surface area contributed by atoms with E-state index < -0.39 is 23.3 Å². The molecule has 0 spiro atoms. The minimum absolute atomic E-state index is 0.0126. The van der Waals surface area contributed by atoms with E-state index in [9.17, 15) is 4.79 Å². The van der Waals surface area contributed by atoms with Crippen LogP contribution in [-0.4, -0.2) is 92.5 Å². The Morgan fingerprint density at radius 3 is 2.76 bits per heavy atom. The normalized spacial score (nSPS) is 29.4. The van der Waals surface area contributed by atoms with Crippen molar-refractivity contribution in [3.8, 4) is 35.5 Å². The van der Waals surface area contributed by atoms with Crippen LogP contribution < -0.4 is 14.4 Å². The highest BCUT2D eigenvalue weighted by Crippen LogP contribution is 2.60. The van der Waals surface area contributed by atoms with Crippen molar-refractivity contribution in [2.24, 2.45) is 11.8 Å². The van der Waals surface area contributed by atoms with Gasteiger partial charge >= 0.3 is 12.1 Å². The third-order valence-electron chi connectivity index (χ3n) is 12.6. The van der Waals surface area contributed by atoms with Gasteiger partial charge in [-0.05, 0) is 76.7 Å². The quantitative estimate of drug-likeness (QED) is 0.165. The second-order valence-corrected chi connectivity index (χ2v) is 17.1. The molecule has 10 rings (SSSR count). The van der Waals surface area contributed by atoms with Crippen molar-refractivity contribution in [1.82, 2.24) is 24.8 Å². The van der Waals surface area contributed by atoms with Crippen molar-refractivity contribution >= 4 is 33.6 Å². The van der Waals surface area contributed by atoms with Crippen LogP contribution in [0.5, 0.6) is 11.9 Å². The average Bonchev–Trinajstić information content (AvgIpc) is 3.65. The summed E-state index contributed by atoms with van der Waals surface area (Å²) in [7, 11) is 0. The fourth-order valence-corrected chi connectivity index (χ4v) is 10.4. The summed E-state index contributed by atoms with van der Waals surface area (Å²) in [6, 6.07) is 7.44. The molecule has 278 valence electrons. The van der Waals surface area contributed by atoms with Gasteiger partial charge in [0, 0.05) is 30.6 Å². The molecule has 5 aliphatic heterocycles. The van der Waals surface area contributed by atoms with Crippen LogP contribution in [0.15, 0.2) is 42.5 Å². The van der Waals surface area contributed by atoms with E-state index in [-0.39, 0.29) is 58.4 Å². The number of piperidine rings is 1.